The van der Waals surface area contributed by atoms with Crippen LogP contribution in [0.3, 0.4) is 0 Å². The van der Waals surface area contributed by atoms with Crippen molar-refractivity contribution >= 4 is 29.6 Å². The largest absolute Gasteiger partial charge is 0.361 e. The van der Waals surface area contributed by atoms with E-state index in [0.717, 1.165) is 15.2 Å². The number of rotatable bonds is 7. The number of benzene rings is 1. The van der Waals surface area contributed by atoms with Crippen molar-refractivity contribution in [2.45, 2.75) is 39.0 Å². The zero-order valence-electron chi connectivity index (χ0n) is 15.7. The molecule has 0 aliphatic rings. The molecule has 3 aromatic rings. The molecule has 0 atom stereocenters. The molecule has 0 aliphatic heterocycles. The third-order valence-electron chi connectivity index (χ3n) is 4.59. The van der Waals surface area contributed by atoms with Crippen LogP contribution in [-0.4, -0.2) is 23.8 Å². The monoisotopic (exact) mass is 386 g/mol. The number of aromatic nitrogens is 2. The minimum Gasteiger partial charge on any atom is -0.361 e. The lowest BCUT2D eigenvalue weighted by molar-refractivity contribution is 0.0838. The van der Waals surface area contributed by atoms with Gasteiger partial charge in [-0.15, -0.1) is 6.58 Å². The van der Waals surface area contributed by atoms with Gasteiger partial charge in [0.1, 0.15) is 6.73 Å². The molecule has 0 N–H and O–H groups in total. The molecule has 0 bridgehead atoms. The fourth-order valence-electron chi connectivity index (χ4n) is 3.02. The molecule has 0 amide bonds. The van der Waals surface area contributed by atoms with E-state index in [1.165, 1.54) is 18.2 Å². The second-order valence-corrected chi connectivity index (χ2v) is 13.5. The number of nitrogens with zero attached hydrogens (tertiary/aromatic N) is 2. The highest BCUT2D eigenvalue weighted by atomic mass is 28.3. The number of hydrogen-bond donors (Lipinski definition) is 0. The van der Waals surface area contributed by atoms with Crippen molar-refractivity contribution in [2.75, 3.05) is 6.61 Å². The Morgan fingerprint density at radius 1 is 0.889 bits per heavy atom. The maximum atomic E-state index is 12.6. The molecule has 2 aromatic heterocycles. The molecule has 0 fully saturated rings. The summed E-state index contributed by atoms with van der Waals surface area (Å²) in [5.74, 6) is 0. The fourth-order valence-corrected chi connectivity index (χ4v) is 3.78. The lowest BCUT2D eigenvalue weighted by atomic mass is 10.1. The van der Waals surface area contributed by atoms with Gasteiger partial charge in [-0.3, -0.25) is 23.7 Å². The maximum Gasteiger partial charge on any atom is 0.263 e. The predicted molar refractivity (Wildman–Crippen MR) is 109 cm³/mol. The fraction of sp³-hybridized carbons (Fsp3) is 0.368. The smallest absolute Gasteiger partial charge is 0.263 e. The van der Waals surface area contributed by atoms with Crippen molar-refractivity contribution in [1.82, 2.24) is 9.13 Å². The van der Waals surface area contributed by atoms with Gasteiger partial charge in [0.25, 0.3) is 22.2 Å². The Balaban J connectivity index is 2.06. The Kier molecular flexibility index (Phi) is 4.87. The minimum atomic E-state index is -1.27. The van der Waals surface area contributed by atoms with Gasteiger partial charge in [-0.1, -0.05) is 25.7 Å². The second-order valence-electron chi connectivity index (χ2n) is 7.84. The van der Waals surface area contributed by atoms with E-state index < -0.39 is 30.3 Å². The van der Waals surface area contributed by atoms with E-state index in [0.29, 0.717) is 6.61 Å². The molecule has 0 saturated heterocycles. The lowest BCUT2D eigenvalue weighted by Crippen LogP contribution is -2.28. The molecule has 27 heavy (non-hydrogen) atoms. The summed E-state index contributed by atoms with van der Waals surface area (Å²) in [6, 6.07) is 3.61. The highest BCUT2D eigenvalue weighted by Gasteiger charge is 2.19. The Bertz CT molecular complexity index is 1160. The van der Waals surface area contributed by atoms with Crippen LogP contribution in [0.5, 0.6) is 0 Å². The average Bonchev–Trinajstić information content (AvgIpc) is 2.97. The highest BCUT2D eigenvalue weighted by molar-refractivity contribution is 6.76. The van der Waals surface area contributed by atoms with Gasteiger partial charge in [-0.05, 0) is 18.2 Å². The zero-order chi connectivity index (χ0) is 19.9. The molecular formula is C19H22N2O5Si. The Morgan fingerprint density at radius 3 is 1.74 bits per heavy atom. The highest BCUT2D eigenvalue weighted by Crippen LogP contribution is 2.14. The Hall–Kier alpha value is -2.58. The summed E-state index contributed by atoms with van der Waals surface area (Å²) in [6.07, 6.45) is 1.45. The Morgan fingerprint density at radius 2 is 1.33 bits per heavy atom. The van der Waals surface area contributed by atoms with Gasteiger partial charge in [0.15, 0.2) is 0 Å². The molecule has 0 aliphatic carbocycles. The van der Waals surface area contributed by atoms with Gasteiger partial charge >= 0.3 is 0 Å². The number of ether oxygens (including phenoxy) is 1. The number of hydrogen-bond acceptors (Lipinski definition) is 5. The summed E-state index contributed by atoms with van der Waals surface area (Å²) in [7, 11) is -1.27. The standard InChI is InChI=1S/C19H22N2O5Si/c1-5-6-20-16(22)12-9-14-15(10-13(12)17(20)23)19(25)21(18(14)24)11-26-7-8-27(2,3)4/h5,9-10H,1,6-8,11H2,2-4H3. The molecule has 1 aromatic carbocycles. The molecule has 0 unspecified atom stereocenters. The molecule has 2 heterocycles. The van der Waals surface area contributed by atoms with Crippen LogP contribution in [0.15, 0.2) is 44.0 Å². The first kappa shape index (κ1) is 19.2. The molecule has 0 radical (unpaired) electrons. The van der Waals surface area contributed by atoms with Gasteiger partial charge in [-0.25, -0.2) is 4.57 Å². The molecule has 0 saturated carbocycles. The van der Waals surface area contributed by atoms with E-state index in [4.69, 9.17) is 4.74 Å². The molecule has 7 nitrogen and oxygen atoms in total. The van der Waals surface area contributed by atoms with Crippen LogP contribution in [0, 0.1) is 0 Å². The first-order valence-electron chi connectivity index (χ1n) is 8.75. The second kappa shape index (κ2) is 6.86. The number of allylic oxidation sites excluding steroid dienone is 1. The van der Waals surface area contributed by atoms with Gasteiger partial charge in [-0.2, -0.15) is 0 Å². The molecule has 8 heteroatoms. The topological polar surface area (TPSA) is 87.4 Å². The summed E-state index contributed by atoms with van der Waals surface area (Å²) < 4.78 is 7.58. The van der Waals surface area contributed by atoms with Gasteiger partial charge in [0.2, 0.25) is 0 Å². The van der Waals surface area contributed by atoms with Crippen LogP contribution in [0.25, 0.3) is 21.5 Å². The normalized spacial score (nSPS) is 12.3. The van der Waals surface area contributed by atoms with Crippen molar-refractivity contribution in [3.63, 3.8) is 0 Å². The Labute approximate surface area is 155 Å². The van der Waals surface area contributed by atoms with Crippen LogP contribution < -0.4 is 22.2 Å². The van der Waals surface area contributed by atoms with E-state index in [1.807, 2.05) is 0 Å². The maximum absolute atomic E-state index is 12.6. The van der Waals surface area contributed by atoms with Crippen LogP contribution in [-0.2, 0) is 18.0 Å². The first-order valence-corrected chi connectivity index (χ1v) is 12.5. The van der Waals surface area contributed by atoms with Crippen molar-refractivity contribution in [3.8, 4) is 0 Å². The predicted octanol–water partition coefficient (Wildman–Crippen LogP) is 1.41. The zero-order valence-corrected chi connectivity index (χ0v) is 16.7. The van der Waals surface area contributed by atoms with Crippen LogP contribution in [0.4, 0.5) is 0 Å². The van der Waals surface area contributed by atoms with Gasteiger partial charge in [0.05, 0.1) is 21.5 Å². The van der Waals surface area contributed by atoms with Crippen LogP contribution >= 0.6 is 0 Å². The summed E-state index contributed by atoms with van der Waals surface area (Å²) in [5.41, 5.74) is -1.98. The molecule has 142 valence electrons. The van der Waals surface area contributed by atoms with E-state index in [9.17, 15) is 19.2 Å². The van der Waals surface area contributed by atoms with Crippen molar-refractivity contribution in [2.24, 2.45) is 0 Å². The first-order chi connectivity index (χ1) is 12.7. The van der Waals surface area contributed by atoms with E-state index >= 15 is 0 Å². The SMILES string of the molecule is C=CCn1c(=O)c2cc3c(=O)n(COCC[Si](C)(C)C)c(=O)c3cc2c1=O. The third kappa shape index (κ3) is 3.37. The quantitative estimate of drug-likeness (QED) is 0.348. The molecular weight excluding hydrogens is 364 g/mol. The lowest BCUT2D eigenvalue weighted by Gasteiger charge is -2.15. The van der Waals surface area contributed by atoms with Crippen molar-refractivity contribution in [1.29, 1.82) is 0 Å². The van der Waals surface area contributed by atoms with Crippen molar-refractivity contribution in [3.05, 3.63) is 66.2 Å². The van der Waals surface area contributed by atoms with Gasteiger partial charge < -0.3 is 4.74 Å². The third-order valence-corrected chi connectivity index (χ3v) is 6.29. The average molecular weight is 386 g/mol. The minimum absolute atomic E-state index is 0.0793. The molecule has 3 rings (SSSR count). The van der Waals surface area contributed by atoms with Crippen LogP contribution in [0.1, 0.15) is 0 Å². The van der Waals surface area contributed by atoms with Gasteiger partial charge in [0, 0.05) is 21.2 Å². The summed E-state index contributed by atoms with van der Waals surface area (Å²) >= 11 is 0. The van der Waals surface area contributed by atoms with Crippen molar-refractivity contribution < 1.29 is 4.74 Å². The van der Waals surface area contributed by atoms with E-state index in [-0.39, 0.29) is 34.8 Å². The van der Waals surface area contributed by atoms with Crippen LogP contribution in [0.2, 0.25) is 25.7 Å². The molecule has 0 spiro atoms. The summed E-state index contributed by atoms with van der Waals surface area (Å²) in [6.45, 7) is 10.6. The van der Waals surface area contributed by atoms with E-state index in [2.05, 4.69) is 26.2 Å². The number of fused-ring (bicyclic) bond motifs is 2. The van der Waals surface area contributed by atoms with E-state index in [1.54, 1.807) is 0 Å². The summed E-state index contributed by atoms with van der Waals surface area (Å²) in [4.78, 5) is 50.0. The summed E-state index contributed by atoms with van der Waals surface area (Å²) in [5, 5.41) is 0.551.